The smallest absolute Gasteiger partial charge is 0.191 e. The Balaban J connectivity index is 1.91. The first-order chi connectivity index (χ1) is 12.0. The Labute approximate surface area is 148 Å². The topological polar surface area (TPSA) is 60.2 Å². The van der Waals surface area contributed by atoms with E-state index in [-0.39, 0.29) is 12.4 Å². The maximum atomic E-state index is 13.8. The molecule has 25 heavy (non-hydrogen) atoms. The molecule has 0 aliphatic heterocycles. The highest BCUT2D eigenvalue weighted by molar-refractivity contribution is 5.79. The third kappa shape index (κ3) is 5.32. The molecule has 0 heterocycles. The van der Waals surface area contributed by atoms with Crippen molar-refractivity contribution in [1.29, 1.82) is 5.26 Å². The molecule has 4 nitrogen and oxygen atoms in total. The monoisotopic (exact) mass is 338 g/mol. The maximum Gasteiger partial charge on any atom is 0.191 e. The van der Waals surface area contributed by atoms with E-state index in [9.17, 15) is 4.39 Å². The molecule has 0 saturated carbocycles. The fourth-order valence-corrected chi connectivity index (χ4v) is 2.44. The van der Waals surface area contributed by atoms with Crippen LogP contribution in [-0.2, 0) is 6.54 Å². The van der Waals surface area contributed by atoms with Crippen LogP contribution in [0.2, 0.25) is 0 Å². The van der Waals surface area contributed by atoms with Gasteiger partial charge in [-0.1, -0.05) is 36.8 Å². The molecule has 1 unspecified atom stereocenters. The lowest BCUT2D eigenvalue weighted by atomic mass is 10.0. The zero-order chi connectivity index (χ0) is 18.2. The van der Waals surface area contributed by atoms with E-state index >= 15 is 0 Å². The van der Waals surface area contributed by atoms with Crippen LogP contribution in [0.3, 0.4) is 0 Å². The molecule has 0 aromatic heterocycles. The van der Waals surface area contributed by atoms with Crippen molar-refractivity contribution in [3.8, 4) is 6.07 Å². The average Bonchev–Trinajstić information content (AvgIpc) is 2.63. The van der Waals surface area contributed by atoms with Crippen molar-refractivity contribution in [2.45, 2.75) is 26.3 Å². The van der Waals surface area contributed by atoms with Gasteiger partial charge in [0.1, 0.15) is 5.82 Å². The van der Waals surface area contributed by atoms with Gasteiger partial charge in [-0.15, -0.1) is 0 Å². The molecule has 0 fully saturated rings. The Morgan fingerprint density at radius 2 is 1.92 bits per heavy atom. The summed E-state index contributed by atoms with van der Waals surface area (Å²) < 4.78 is 13.8. The van der Waals surface area contributed by atoms with Gasteiger partial charge in [-0.25, -0.2) is 4.39 Å². The molecule has 1 atom stereocenters. The van der Waals surface area contributed by atoms with Gasteiger partial charge in [-0.3, -0.25) is 4.99 Å². The standard InChI is InChI=1S/C20H23FN4/c1-14-4-7-17(8-5-14)15(2)12-24-20(23-3)25-13-18-10-16(11-22)6-9-19(18)21/h4-10,15H,12-13H2,1-3H3,(H2,23,24,25). The van der Waals surface area contributed by atoms with Crippen LogP contribution < -0.4 is 10.6 Å². The fourth-order valence-electron chi connectivity index (χ4n) is 2.44. The summed E-state index contributed by atoms with van der Waals surface area (Å²) in [6.45, 7) is 5.18. The lowest BCUT2D eigenvalue weighted by molar-refractivity contribution is 0.603. The highest BCUT2D eigenvalue weighted by atomic mass is 19.1. The number of hydrogen-bond donors (Lipinski definition) is 2. The number of benzene rings is 2. The van der Waals surface area contributed by atoms with Crippen LogP contribution >= 0.6 is 0 Å². The lowest BCUT2D eigenvalue weighted by Crippen LogP contribution is -2.38. The summed E-state index contributed by atoms with van der Waals surface area (Å²) in [6.07, 6.45) is 0. The van der Waals surface area contributed by atoms with Crippen molar-refractivity contribution in [3.05, 3.63) is 70.5 Å². The van der Waals surface area contributed by atoms with Crippen LogP contribution in [0.15, 0.2) is 47.5 Å². The summed E-state index contributed by atoms with van der Waals surface area (Å²) in [6, 6.07) is 14.8. The van der Waals surface area contributed by atoms with Gasteiger partial charge in [0.05, 0.1) is 11.6 Å². The van der Waals surface area contributed by atoms with Gasteiger partial charge >= 0.3 is 0 Å². The fraction of sp³-hybridized carbons (Fsp3) is 0.300. The van der Waals surface area contributed by atoms with Crippen LogP contribution in [0.4, 0.5) is 4.39 Å². The Morgan fingerprint density at radius 3 is 2.56 bits per heavy atom. The number of hydrogen-bond acceptors (Lipinski definition) is 2. The molecule has 0 radical (unpaired) electrons. The largest absolute Gasteiger partial charge is 0.356 e. The molecular formula is C20H23FN4. The second kappa shape index (κ2) is 8.84. The molecule has 2 N–H and O–H groups in total. The summed E-state index contributed by atoms with van der Waals surface area (Å²) in [5.41, 5.74) is 3.37. The molecule has 0 spiro atoms. The number of nitriles is 1. The first-order valence-electron chi connectivity index (χ1n) is 8.23. The lowest BCUT2D eigenvalue weighted by Gasteiger charge is -2.17. The Hall–Kier alpha value is -2.87. The minimum Gasteiger partial charge on any atom is -0.356 e. The number of nitrogens with one attached hydrogen (secondary N) is 2. The van der Waals surface area contributed by atoms with Crippen molar-refractivity contribution < 1.29 is 4.39 Å². The molecule has 2 aromatic carbocycles. The van der Waals surface area contributed by atoms with Gasteiger partial charge in [0.2, 0.25) is 0 Å². The number of guanidine groups is 1. The normalized spacial score (nSPS) is 12.4. The third-order valence-corrected chi connectivity index (χ3v) is 4.07. The number of halogens is 1. The zero-order valence-electron chi connectivity index (χ0n) is 14.8. The van der Waals surface area contributed by atoms with Gasteiger partial charge in [-0.2, -0.15) is 5.26 Å². The van der Waals surface area contributed by atoms with Crippen molar-refractivity contribution in [3.63, 3.8) is 0 Å². The van der Waals surface area contributed by atoms with Crippen molar-refractivity contribution in [2.24, 2.45) is 4.99 Å². The molecule has 0 amide bonds. The quantitative estimate of drug-likeness (QED) is 0.648. The van der Waals surface area contributed by atoms with Gasteiger partial charge in [-0.05, 0) is 36.6 Å². The van der Waals surface area contributed by atoms with Crippen LogP contribution in [0, 0.1) is 24.1 Å². The van der Waals surface area contributed by atoms with E-state index in [2.05, 4.69) is 53.7 Å². The van der Waals surface area contributed by atoms with Gasteiger partial charge in [0.25, 0.3) is 0 Å². The Bertz CT molecular complexity index is 775. The maximum absolute atomic E-state index is 13.8. The molecule has 5 heteroatoms. The first kappa shape index (κ1) is 18.5. The Kier molecular flexibility index (Phi) is 6.53. The third-order valence-electron chi connectivity index (χ3n) is 4.07. The number of aryl methyl sites for hydroxylation is 1. The van der Waals surface area contributed by atoms with Crippen molar-refractivity contribution in [2.75, 3.05) is 13.6 Å². The minimum atomic E-state index is -0.338. The highest BCUT2D eigenvalue weighted by Crippen LogP contribution is 2.14. The second-order valence-electron chi connectivity index (χ2n) is 6.04. The van der Waals surface area contributed by atoms with Gasteiger partial charge < -0.3 is 10.6 Å². The molecular weight excluding hydrogens is 315 g/mol. The van der Waals surface area contributed by atoms with Crippen LogP contribution in [0.1, 0.15) is 35.1 Å². The van der Waals surface area contributed by atoms with E-state index < -0.39 is 0 Å². The SMILES string of the molecule is CN=C(NCc1cc(C#N)ccc1F)NCC(C)c1ccc(C)cc1. The van der Waals surface area contributed by atoms with Crippen LogP contribution in [-0.4, -0.2) is 19.6 Å². The van der Waals surface area contributed by atoms with E-state index in [1.165, 1.54) is 23.3 Å². The predicted molar refractivity (Wildman–Crippen MR) is 98.9 cm³/mol. The molecule has 2 aromatic rings. The Morgan fingerprint density at radius 1 is 1.20 bits per heavy atom. The summed E-state index contributed by atoms with van der Waals surface area (Å²) in [5, 5.41) is 15.3. The first-order valence-corrected chi connectivity index (χ1v) is 8.23. The molecule has 0 aliphatic rings. The van der Waals surface area contributed by atoms with E-state index in [1.807, 2.05) is 6.07 Å². The second-order valence-corrected chi connectivity index (χ2v) is 6.04. The van der Waals surface area contributed by atoms with Crippen LogP contribution in [0.5, 0.6) is 0 Å². The number of rotatable bonds is 5. The van der Waals surface area contributed by atoms with Crippen molar-refractivity contribution in [1.82, 2.24) is 10.6 Å². The summed E-state index contributed by atoms with van der Waals surface area (Å²) in [7, 11) is 1.67. The van der Waals surface area contributed by atoms with Crippen molar-refractivity contribution >= 4 is 5.96 Å². The highest BCUT2D eigenvalue weighted by Gasteiger charge is 2.08. The van der Waals surface area contributed by atoms with E-state index in [4.69, 9.17) is 5.26 Å². The molecule has 130 valence electrons. The van der Waals surface area contributed by atoms with E-state index in [1.54, 1.807) is 13.1 Å². The molecule has 0 saturated heterocycles. The predicted octanol–water partition coefficient (Wildman–Crippen LogP) is 3.47. The van der Waals surface area contributed by atoms with Crippen LogP contribution in [0.25, 0.3) is 0 Å². The number of nitrogens with zero attached hydrogens (tertiary/aromatic N) is 2. The zero-order valence-corrected chi connectivity index (χ0v) is 14.8. The minimum absolute atomic E-state index is 0.264. The van der Waals surface area contributed by atoms with Gasteiger partial charge in [0.15, 0.2) is 5.96 Å². The summed E-state index contributed by atoms with van der Waals surface area (Å²) in [4.78, 5) is 4.16. The average molecular weight is 338 g/mol. The van der Waals surface area contributed by atoms with E-state index in [0.717, 1.165) is 0 Å². The molecule has 0 aliphatic carbocycles. The number of aliphatic imine (C=N–C) groups is 1. The van der Waals surface area contributed by atoms with E-state index in [0.29, 0.717) is 29.5 Å². The summed E-state index contributed by atoms with van der Waals surface area (Å²) in [5.74, 6) is 0.577. The molecule has 2 rings (SSSR count). The molecule has 0 bridgehead atoms. The summed E-state index contributed by atoms with van der Waals surface area (Å²) >= 11 is 0. The van der Waals surface area contributed by atoms with Gasteiger partial charge in [0, 0.05) is 25.7 Å².